The number of pyridine rings is 1. The zero-order valence-electron chi connectivity index (χ0n) is 7.06. The topological polar surface area (TPSA) is 12.9 Å². The van der Waals surface area contributed by atoms with Crippen molar-refractivity contribution in [3.8, 4) is 0 Å². The van der Waals surface area contributed by atoms with Crippen molar-refractivity contribution < 1.29 is 0 Å². The second kappa shape index (κ2) is 5.19. The summed E-state index contributed by atoms with van der Waals surface area (Å²) in [6.07, 6.45) is 1.55. The molecule has 0 N–H and O–H groups in total. The largest absolute Gasteiger partial charge is 0.245 e. The summed E-state index contributed by atoms with van der Waals surface area (Å²) in [6.45, 7) is 5.89. The van der Waals surface area contributed by atoms with Crippen LogP contribution in [0, 0.1) is 6.92 Å². The van der Waals surface area contributed by atoms with Gasteiger partial charge in [-0.2, -0.15) is 0 Å². The summed E-state index contributed by atoms with van der Waals surface area (Å²) >= 11 is 5.55. The number of nitrogens with zero attached hydrogens (tertiary/aromatic N) is 1. The maximum absolute atomic E-state index is 5.55. The molecular formula is C8H11BClN. The molecule has 0 aliphatic rings. The number of hydrogen-bond donors (Lipinski definition) is 0. The molecule has 0 saturated carbocycles. The summed E-state index contributed by atoms with van der Waals surface area (Å²) in [5.41, 5.74) is 1.65. The van der Waals surface area contributed by atoms with Gasteiger partial charge < -0.3 is 0 Å². The third-order valence-corrected chi connectivity index (χ3v) is 1.32. The first kappa shape index (κ1) is 10.5. The van der Waals surface area contributed by atoms with Crippen molar-refractivity contribution in [2.75, 3.05) is 0 Å². The van der Waals surface area contributed by atoms with E-state index in [1.54, 1.807) is 12.3 Å². The van der Waals surface area contributed by atoms with Gasteiger partial charge in [0.25, 0.3) is 0 Å². The predicted octanol–water partition coefficient (Wildman–Crippen LogP) is 1.86. The lowest BCUT2D eigenvalue weighted by Crippen LogP contribution is -2.07. The first-order valence-corrected chi connectivity index (χ1v) is 3.95. The fourth-order valence-electron chi connectivity index (χ4n) is 0.532. The molecule has 1 aromatic heterocycles. The van der Waals surface area contributed by atoms with E-state index in [0.29, 0.717) is 10.6 Å². The van der Waals surface area contributed by atoms with Crippen molar-refractivity contribution in [1.82, 2.24) is 4.98 Å². The molecule has 0 fully saturated rings. The molecule has 0 saturated heterocycles. The molecule has 3 heteroatoms. The Morgan fingerprint density at radius 1 is 1.45 bits per heavy atom. The van der Waals surface area contributed by atoms with E-state index >= 15 is 0 Å². The van der Waals surface area contributed by atoms with E-state index < -0.39 is 0 Å². The van der Waals surface area contributed by atoms with Crippen molar-refractivity contribution in [3.05, 3.63) is 23.0 Å². The second-order valence-electron chi connectivity index (χ2n) is 1.86. The van der Waals surface area contributed by atoms with E-state index in [1.807, 2.05) is 20.8 Å². The van der Waals surface area contributed by atoms with Crippen molar-refractivity contribution in [2.45, 2.75) is 20.8 Å². The van der Waals surface area contributed by atoms with Crippen LogP contribution in [0.5, 0.6) is 0 Å². The quantitative estimate of drug-likeness (QED) is 0.425. The van der Waals surface area contributed by atoms with E-state index in [1.165, 1.54) is 0 Å². The van der Waals surface area contributed by atoms with Crippen LogP contribution in [0.15, 0.2) is 12.3 Å². The van der Waals surface area contributed by atoms with Crippen LogP contribution in [0.1, 0.15) is 19.4 Å². The van der Waals surface area contributed by atoms with Crippen molar-refractivity contribution in [3.63, 3.8) is 0 Å². The van der Waals surface area contributed by atoms with Gasteiger partial charge in [0.15, 0.2) is 0 Å². The van der Waals surface area contributed by atoms with Crippen LogP contribution in [0.25, 0.3) is 0 Å². The summed E-state index contributed by atoms with van der Waals surface area (Å²) in [7, 11) is 5.47. The summed E-state index contributed by atoms with van der Waals surface area (Å²) in [5.74, 6) is 0. The van der Waals surface area contributed by atoms with Crippen LogP contribution in [0.2, 0.25) is 5.15 Å². The highest BCUT2D eigenvalue weighted by Crippen LogP contribution is 2.02. The van der Waals surface area contributed by atoms with Gasteiger partial charge in [-0.05, 0) is 13.0 Å². The van der Waals surface area contributed by atoms with Crippen molar-refractivity contribution in [1.29, 1.82) is 0 Å². The van der Waals surface area contributed by atoms with Gasteiger partial charge in [0.2, 0.25) is 0 Å². The van der Waals surface area contributed by atoms with Crippen LogP contribution in [0.4, 0.5) is 0 Å². The maximum atomic E-state index is 5.55. The molecule has 0 atom stereocenters. The van der Waals surface area contributed by atoms with Gasteiger partial charge in [-0.15, -0.1) is 0 Å². The van der Waals surface area contributed by atoms with Crippen LogP contribution in [-0.2, 0) is 0 Å². The normalized spacial score (nSPS) is 8.36. The Bertz CT molecular complexity index is 225. The molecule has 2 radical (unpaired) electrons. The van der Waals surface area contributed by atoms with Gasteiger partial charge in [-0.1, -0.05) is 36.5 Å². The summed E-state index contributed by atoms with van der Waals surface area (Å²) < 4.78 is 0. The zero-order chi connectivity index (χ0) is 8.85. The molecule has 0 aromatic carbocycles. The van der Waals surface area contributed by atoms with Crippen molar-refractivity contribution >= 4 is 24.9 Å². The molecule has 0 aliphatic heterocycles. The molecule has 1 heterocycles. The minimum Gasteiger partial charge on any atom is -0.245 e. The van der Waals surface area contributed by atoms with E-state index in [2.05, 4.69) is 4.98 Å². The third kappa shape index (κ3) is 3.42. The van der Waals surface area contributed by atoms with Gasteiger partial charge in [-0.25, -0.2) is 4.98 Å². The first-order chi connectivity index (χ1) is 5.20. The summed E-state index contributed by atoms with van der Waals surface area (Å²) in [5, 5.41) is 0.488. The molecule has 1 rings (SSSR count). The Hall–Kier alpha value is -0.495. The Labute approximate surface area is 74.2 Å². The Kier molecular flexibility index (Phi) is 4.96. The third-order valence-electron chi connectivity index (χ3n) is 1.12. The number of hydrogen-bond acceptors (Lipinski definition) is 1. The number of rotatable bonds is 0. The van der Waals surface area contributed by atoms with Crippen LogP contribution >= 0.6 is 11.6 Å². The van der Waals surface area contributed by atoms with E-state index in [4.69, 9.17) is 19.4 Å². The monoisotopic (exact) mass is 167 g/mol. The van der Waals surface area contributed by atoms with Crippen molar-refractivity contribution in [2.24, 2.45) is 0 Å². The highest BCUT2D eigenvalue weighted by molar-refractivity contribution is 6.34. The number of aromatic nitrogens is 1. The first-order valence-electron chi connectivity index (χ1n) is 3.58. The molecule has 0 bridgehead atoms. The Balaban J connectivity index is 0.000000461. The molecule has 1 nitrogen and oxygen atoms in total. The molecule has 0 unspecified atom stereocenters. The lowest BCUT2D eigenvalue weighted by atomic mass is 9.94. The van der Waals surface area contributed by atoms with Gasteiger partial charge in [0, 0.05) is 6.20 Å². The minimum atomic E-state index is 0.488. The lowest BCUT2D eigenvalue weighted by Gasteiger charge is -1.96. The average Bonchev–Trinajstić information content (AvgIpc) is 2.02. The Morgan fingerprint density at radius 3 is 2.36 bits per heavy atom. The molecule has 0 spiro atoms. The average molecular weight is 167 g/mol. The lowest BCUT2D eigenvalue weighted by molar-refractivity contribution is 1.31. The van der Waals surface area contributed by atoms with E-state index in [9.17, 15) is 0 Å². The fourth-order valence-corrected chi connectivity index (χ4v) is 0.745. The summed E-state index contributed by atoms with van der Waals surface area (Å²) in [6, 6.07) is 1.73. The predicted molar refractivity (Wildman–Crippen MR) is 50.7 cm³/mol. The van der Waals surface area contributed by atoms with Gasteiger partial charge in [-0.3, -0.25) is 0 Å². The maximum Gasteiger partial charge on any atom is 0.129 e. The molecule has 0 amide bonds. The molecule has 11 heavy (non-hydrogen) atoms. The minimum absolute atomic E-state index is 0.488. The number of halogens is 1. The second-order valence-corrected chi connectivity index (χ2v) is 2.25. The zero-order valence-corrected chi connectivity index (χ0v) is 7.81. The molecule has 58 valence electrons. The van der Waals surface area contributed by atoms with Crippen LogP contribution in [0.3, 0.4) is 0 Å². The number of aryl methyl sites for hydroxylation is 1. The molecular weight excluding hydrogens is 156 g/mol. The van der Waals surface area contributed by atoms with E-state index in [0.717, 1.165) is 5.56 Å². The van der Waals surface area contributed by atoms with Crippen LogP contribution < -0.4 is 5.46 Å². The SMILES string of the molecule is CC.[B]c1cnc(Cl)cc1C. The Morgan fingerprint density at radius 2 is 2.00 bits per heavy atom. The molecule has 0 aliphatic carbocycles. The highest BCUT2D eigenvalue weighted by atomic mass is 35.5. The highest BCUT2D eigenvalue weighted by Gasteiger charge is 1.91. The van der Waals surface area contributed by atoms with Gasteiger partial charge in [0.1, 0.15) is 13.0 Å². The van der Waals surface area contributed by atoms with Crippen LogP contribution in [-0.4, -0.2) is 12.8 Å². The molecule has 1 aromatic rings. The summed E-state index contributed by atoms with van der Waals surface area (Å²) in [4.78, 5) is 3.78. The van der Waals surface area contributed by atoms with Gasteiger partial charge >= 0.3 is 0 Å². The smallest absolute Gasteiger partial charge is 0.129 e. The van der Waals surface area contributed by atoms with E-state index in [-0.39, 0.29) is 0 Å². The van der Waals surface area contributed by atoms with Gasteiger partial charge in [0.05, 0.1) is 0 Å². The fraction of sp³-hybridized carbons (Fsp3) is 0.375. The standard InChI is InChI=1S/C6H5BClN.C2H6/c1-4-2-6(8)9-3-5(4)7;1-2/h2-3H,1H3;1-2H3.